The largest absolute Gasteiger partial charge is 0.399 e. The molecule has 7 heteroatoms. The van der Waals surface area contributed by atoms with Crippen molar-refractivity contribution in [1.29, 1.82) is 0 Å². The van der Waals surface area contributed by atoms with Crippen molar-refractivity contribution >= 4 is 21.4 Å². The van der Waals surface area contributed by atoms with Crippen LogP contribution in [0.2, 0.25) is 0 Å². The smallest absolute Gasteiger partial charge is 0.267 e. The highest BCUT2D eigenvalue weighted by Crippen LogP contribution is 2.23. The molecular formula is C12H10F2N2O2S. The van der Waals surface area contributed by atoms with E-state index < -0.39 is 26.6 Å². The molecule has 0 fully saturated rings. The standard InChI is InChI=1S/C12H10F2N2O2S/c13-10-6-8(15)7-11(14)12(10)19(17,18)16-9-4-2-1-3-5-9/h1-7,16H,15H2. The van der Waals surface area contributed by atoms with Gasteiger partial charge < -0.3 is 5.73 Å². The van der Waals surface area contributed by atoms with Crippen molar-refractivity contribution < 1.29 is 17.2 Å². The maximum atomic E-state index is 13.6. The van der Waals surface area contributed by atoms with Gasteiger partial charge in [0.15, 0.2) is 4.90 Å². The van der Waals surface area contributed by atoms with E-state index in [0.29, 0.717) is 0 Å². The summed E-state index contributed by atoms with van der Waals surface area (Å²) >= 11 is 0. The molecule has 0 aliphatic carbocycles. The summed E-state index contributed by atoms with van der Waals surface area (Å²) in [6.45, 7) is 0. The van der Waals surface area contributed by atoms with Crippen LogP contribution in [0.1, 0.15) is 0 Å². The van der Waals surface area contributed by atoms with E-state index in [2.05, 4.69) is 4.72 Å². The third-order valence-corrected chi connectivity index (χ3v) is 3.75. The molecule has 0 unspecified atom stereocenters. The molecule has 4 nitrogen and oxygen atoms in total. The minimum absolute atomic E-state index is 0.186. The molecule has 0 aliphatic heterocycles. The van der Waals surface area contributed by atoms with Gasteiger partial charge in [-0.1, -0.05) is 18.2 Å². The van der Waals surface area contributed by atoms with Gasteiger partial charge in [-0.25, -0.2) is 17.2 Å². The Kier molecular flexibility index (Phi) is 3.39. The van der Waals surface area contributed by atoms with Crippen molar-refractivity contribution in [3.05, 3.63) is 54.1 Å². The summed E-state index contributed by atoms with van der Waals surface area (Å²) in [4.78, 5) is -1.05. The van der Waals surface area contributed by atoms with E-state index in [1.165, 1.54) is 12.1 Å². The topological polar surface area (TPSA) is 72.2 Å². The maximum absolute atomic E-state index is 13.6. The second-order valence-electron chi connectivity index (χ2n) is 3.79. The molecule has 2 aromatic rings. The molecule has 0 aliphatic rings. The summed E-state index contributed by atoms with van der Waals surface area (Å²) in [6.07, 6.45) is 0. The van der Waals surface area contributed by atoms with Crippen LogP contribution in [0.3, 0.4) is 0 Å². The SMILES string of the molecule is Nc1cc(F)c(S(=O)(=O)Nc2ccccc2)c(F)c1. The molecule has 0 aromatic heterocycles. The Labute approximate surface area is 108 Å². The normalized spacial score (nSPS) is 11.3. The van der Waals surface area contributed by atoms with E-state index >= 15 is 0 Å². The first-order valence-electron chi connectivity index (χ1n) is 5.22. The van der Waals surface area contributed by atoms with Gasteiger partial charge in [-0.2, -0.15) is 0 Å². The third kappa shape index (κ3) is 2.82. The van der Waals surface area contributed by atoms with E-state index in [-0.39, 0.29) is 11.4 Å². The van der Waals surface area contributed by atoms with Crippen LogP contribution in [-0.2, 0) is 10.0 Å². The quantitative estimate of drug-likeness (QED) is 0.850. The first-order chi connectivity index (χ1) is 8.90. The first-order valence-corrected chi connectivity index (χ1v) is 6.71. The fraction of sp³-hybridized carbons (Fsp3) is 0. The number of hydrogen-bond donors (Lipinski definition) is 2. The van der Waals surface area contributed by atoms with Crippen molar-refractivity contribution in [3.63, 3.8) is 0 Å². The van der Waals surface area contributed by atoms with Crippen molar-refractivity contribution in [1.82, 2.24) is 0 Å². The maximum Gasteiger partial charge on any atom is 0.267 e. The summed E-state index contributed by atoms with van der Waals surface area (Å²) in [7, 11) is -4.35. The zero-order valence-corrected chi connectivity index (χ0v) is 10.4. The molecule has 0 saturated carbocycles. The summed E-state index contributed by atoms with van der Waals surface area (Å²) in [5.41, 5.74) is 5.25. The molecule has 0 amide bonds. The van der Waals surface area contributed by atoms with Crippen LogP contribution in [0.25, 0.3) is 0 Å². The number of halogens is 2. The lowest BCUT2D eigenvalue weighted by Gasteiger charge is -2.10. The van der Waals surface area contributed by atoms with Crippen LogP contribution in [0.5, 0.6) is 0 Å². The highest BCUT2D eigenvalue weighted by atomic mass is 32.2. The third-order valence-electron chi connectivity index (χ3n) is 2.32. The molecule has 0 heterocycles. The summed E-state index contributed by atoms with van der Waals surface area (Å²) in [6, 6.07) is 9.30. The number of sulfonamides is 1. The molecular weight excluding hydrogens is 274 g/mol. The lowest BCUT2D eigenvalue weighted by molar-refractivity contribution is 0.522. The molecule has 100 valence electrons. The predicted molar refractivity (Wildman–Crippen MR) is 68.0 cm³/mol. The van der Waals surface area contributed by atoms with E-state index in [1.807, 2.05) is 0 Å². The lowest BCUT2D eigenvalue weighted by atomic mass is 10.3. The number of para-hydroxylation sites is 1. The van der Waals surface area contributed by atoms with Gasteiger partial charge in [-0.05, 0) is 24.3 Å². The van der Waals surface area contributed by atoms with Gasteiger partial charge in [-0.15, -0.1) is 0 Å². The highest BCUT2D eigenvalue weighted by molar-refractivity contribution is 7.92. The molecule has 19 heavy (non-hydrogen) atoms. The van der Waals surface area contributed by atoms with Gasteiger partial charge in [0, 0.05) is 11.4 Å². The molecule has 0 saturated heterocycles. The van der Waals surface area contributed by atoms with E-state index in [9.17, 15) is 17.2 Å². The van der Waals surface area contributed by atoms with Gasteiger partial charge in [0.25, 0.3) is 10.0 Å². The average Bonchev–Trinajstić information content (AvgIpc) is 2.27. The average molecular weight is 284 g/mol. The van der Waals surface area contributed by atoms with Gasteiger partial charge in [-0.3, -0.25) is 4.72 Å². The van der Waals surface area contributed by atoms with Crippen LogP contribution in [0, 0.1) is 11.6 Å². The molecule has 0 radical (unpaired) electrons. The van der Waals surface area contributed by atoms with Crippen LogP contribution >= 0.6 is 0 Å². The fourth-order valence-electron chi connectivity index (χ4n) is 1.55. The molecule has 0 bridgehead atoms. The zero-order chi connectivity index (χ0) is 14.0. The summed E-state index contributed by atoms with van der Waals surface area (Å²) in [5.74, 6) is -2.47. The molecule has 3 N–H and O–H groups in total. The van der Waals surface area contributed by atoms with Gasteiger partial charge in [0.05, 0.1) is 0 Å². The Balaban J connectivity index is 2.46. The van der Waals surface area contributed by atoms with Crippen molar-refractivity contribution in [2.24, 2.45) is 0 Å². The Morgan fingerprint density at radius 3 is 2.05 bits per heavy atom. The molecule has 0 spiro atoms. The van der Waals surface area contributed by atoms with Crippen molar-refractivity contribution in [3.8, 4) is 0 Å². The van der Waals surface area contributed by atoms with Crippen LogP contribution in [0.15, 0.2) is 47.4 Å². The Morgan fingerprint density at radius 2 is 1.53 bits per heavy atom. The molecule has 2 rings (SSSR count). The van der Waals surface area contributed by atoms with Crippen molar-refractivity contribution in [2.45, 2.75) is 4.90 Å². The van der Waals surface area contributed by atoms with Crippen LogP contribution < -0.4 is 10.5 Å². The Hall–Kier alpha value is -2.15. The number of benzene rings is 2. The fourth-order valence-corrected chi connectivity index (χ4v) is 2.73. The first kappa shape index (κ1) is 13.3. The number of nitrogens with two attached hydrogens (primary N) is 1. The zero-order valence-electron chi connectivity index (χ0n) is 9.60. The van der Waals surface area contributed by atoms with E-state index in [0.717, 1.165) is 12.1 Å². The predicted octanol–water partition coefficient (Wildman–Crippen LogP) is 2.35. The second kappa shape index (κ2) is 4.85. The Morgan fingerprint density at radius 1 is 1.00 bits per heavy atom. The molecule has 2 aromatic carbocycles. The van der Waals surface area contributed by atoms with Gasteiger partial charge in [0.2, 0.25) is 0 Å². The van der Waals surface area contributed by atoms with E-state index in [1.54, 1.807) is 18.2 Å². The van der Waals surface area contributed by atoms with E-state index in [4.69, 9.17) is 5.73 Å². The van der Waals surface area contributed by atoms with Crippen LogP contribution in [0.4, 0.5) is 20.2 Å². The highest BCUT2D eigenvalue weighted by Gasteiger charge is 2.24. The number of hydrogen-bond acceptors (Lipinski definition) is 3. The summed E-state index contributed by atoms with van der Waals surface area (Å²) < 4.78 is 53.1. The van der Waals surface area contributed by atoms with Gasteiger partial charge >= 0.3 is 0 Å². The van der Waals surface area contributed by atoms with Crippen LogP contribution in [-0.4, -0.2) is 8.42 Å². The minimum atomic E-state index is -4.35. The second-order valence-corrected chi connectivity index (χ2v) is 5.40. The monoisotopic (exact) mass is 284 g/mol. The van der Waals surface area contributed by atoms with Gasteiger partial charge in [0.1, 0.15) is 11.6 Å². The summed E-state index contributed by atoms with van der Waals surface area (Å²) in [5, 5.41) is 0. The van der Waals surface area contributed by atoms with Crippen molar-refractivity contribution in [2.75, 3.05) is 10.5 Å². The number of nitrogens with one attached hydrogen (secondary N) is 1. The minimum Gasteiger partial charge on any atom is -0.399 e. The Bertz CT molecular complexity index is 680. The lowest BCUT2D eigenvalue weighted by Crippen LogP contribution is -2.16. The number of rotatable bonds is 3. The number of nitrogen functional groups attached to an aromatic ring is 1. The number of anilines is 2. The molecule has 0 atom stereocenters.